The summed E-state index contributed by atoms with van der Waals surface area (Å²) in [6.45, 7) is 2.80. The summed E-state index contributed by atoms with van der Waals surface area (Å²) in [5, 5.41) is 6.51. The highest BCUT2D eigenvalue weighted by molar-refractivity contribution is 5.65. The van der Waals surface area contributed by atoms with Crippen molar-refractivity contribution in [3.8, 4) is 11.5 Å². The van der Waals surface area contributed by atoms with Crippen LogP contribution < -0.4 is 20.1 Å². The number of hydrogen-bond acceptors (Lipinski definition) is 6. The van der Waals surface area contributed by atoms with Crippen LogP contribution in [-0.4, -0.2) is 24.2 Å². The van der Waals surface area contributed by atoms with Crippen LogP contribution in [0.15, 0.2) is 54.7 Å². The Labute approximate surface area is 153 Å². The number of aryl methyl sites for hydroxylation is 1. The molecule has 0 aliphatic carbocycles. The standard InChI is InChI=1S/C20H22N4O2/c1-14-6-4-5-7-15(14)13-22-19-10-11-21-20(24-19)23-17-12-16(25-2)8-9-18(17)26-3/h4-12H,13H2,1-3H3,(H2,21,22,23,24). The van der Waals surface area contributed by atoms with Crippen LogP contribution in [0.3, 0.4) is 0 Å². The van der Waals surface area contributed by atoms with Gasteiger partial charge in [0.2, 0.25) is 5.95 Å². The fourth-order valence-corrected chi connectivity index (χ4v) is 2.54. The zero-order valence-electron chi connectivity index (χ0n) is 15.1. The van der Waals surface area contributed by atoms with Gasteiger partial charge in [-0.05, 0) is 36.2 Å². The van der Waals surface area contributed by atoms with Crippen molar-refractivity contribution in [3.63, 3.8) is 0 Å². The molecule has 6 nitrogen and oxygen atoms in total. The van der Waals surface area contributed by atoms with Gasteiger partial charge in [-0.15, -0.1) is 0 Å². The molecule has 1 aromatic heterocycles. The van der Waals surface area contributed by atoms with E-state index in [2.05, 4.69) is 39.7 Å². The summed E-state index contributed by atoms with van der Waals surface area (Å²) in [6, 6.07) is 15.6. The third-order valence-electron chi connectivity index (χ3n) is 4.03. The molecule has 0 aliphatic heterocycles. The molecule has 0 saturated heterocycles. The maximum atomic E-state index is 5.38. The van der Waals surface area contributed by atoms with Crippen LogP contribution in [0.25, 0.3) is 0 Å². The number of anilines is 3. The molecular weight excluding hydrogens is 328 g/mol. The maximum Gasteiger partial charge on any atom is 0.229 e. The highest BCUT2D eigenvalue weighted by Crippen LogP contribution is 2.30. The molecule has 0 radical (unpaired) electrons. The van der Waals surface area contributed by atoms with Crippen LogP contribution in [0.4, 0.5) is 17.5 Å². The van der Waals surface area contributed by atoms with Crippen LogP contribution in [0.2, 0.25) is 0 Å². The molecule has 6 heteroatoms. The van der Waals surface area contributed by atoms with Crippen LogP contribution in [0, 0.1) is 6.92 Å². The minimum atomic E-state index is 0.478. The van der Waals surface area contributed by atoms with E-state index in [0.717, 1.165) is 17.3 Å². The lowest BCUT2D eigenvalue weighted by molar-refractivity contribution is 0.405. The number of ether oxygens (including phenoxy) is 2. The third-order valence-corrected chi connectivity index (χ3v) is 4.03. The molecule has 0 saturated carbocycles. The van der Waals surface area contributed by atoms with Gasteiger partial charge >= 0.3 is 0 Å². The van der Waals surface area contributed by atoms with Gasteiger partial charge in [0, 0.05) is 18.8 Å². The minimum Gasteiger partial charge on any atom is -0.497 e. The van der Waals surface area contributed by atoms with E-state index in [1.54, 1.807) is 20.4 Å². The normalized spacial score (nSPS) is 10.3. The van der Waals surface area contributed by atoms with Crippen molar-refractivity contribution in [1.82, 2.24) is 9.97 Å². The number of nitrogens with zero attached hydrogens (tertiary/aromatic N) is 2. The van der Waals surface area contributed by atoms with Crippen molar-refractivity contribution in [2.75, 3.05) is 24.9 Å². The molecule has 0 unspecified atom stereocenters. The summed E-state index contributed by atoms with van der Waals surface area (Å²) in [5.74, 6) is 2.63. The topological polar surface area (TPSA) is 68.3 Å². The monoisotopic (exact) mass is 350 g/mol. The number of benzene rings is 2. The SMILES string of the molecule is COc1ccc(OC)c(Nc2nccc(NCc3ccccc3C)n2)c1. The van der Waals surface area contributed by atoms with E-state index in [4.69, 9.17) is 9.47 Å². The Morgan fingerprint density at radius 3 is 2.62 bits per heavy atom. The fraction of sp³-hybridized carbons (Fsp3) is 0.200. The van der Waals surface area contributed by atoms with E-state index in [1.807, 2.05) is 36.4 Å². The first kappa shape index (κ1) is 17.5. The number of methoxy groups -OCH3 is 2. The van der Waals surface area contributed by atoms with Gasteiger partial charge in [-0.25, -0.2) is 4.98 Å². The highest BCUT2D eigenvalue weighted by Gasteiger charge is 2.08. The van der Waals surface area contributed by atoms with Crippen molar-refractivity contribution >= 4 is 17.5 Å². The zero-order chi connectivity index (χ0) is 18.4. The summed E-state index contributed by atoms with van der Waals surface area (Å²) >= 11 is 0. The second kappa shape index (κ2) is 8.20. The van der Waals surface area contributed by atoms with E-state index in [9.17, 15) is 0 Å². The van der Waals surface area contributed by atoms with Gasteiger partial charge in [-0.3, -0.25) is 0 Å². The number of aromatic nitrogens is 2. The lowest BCUT2D eigenvalue weighted by Crippen LogP contribution is -2.05. The Hall–Kier alpha value is -3.28. The summed E-state index contributed by atoms with van der Waals surface area (Å²) in [6.07, 6.45) is 1.71. The quantitative estimate of drug-likeness (QED) is 0.667. The average Bonchev–Trinajstić information content (AvgIpc) is 2.67. The molecule has 3 rings (SSSR count). The van der Waals surface area contributed by atoms with E-state index >= 15 is 0 Å². The lowest BCUT2D eigenvalue weighted by atomic mass is 10.1. The molecule has 134 valence electrons. The molecule has 26 heavy (non-hydrogen) atoms. The minimum absolute atomic E-state index is 0.478. The van der Waals surface area contributed by atoms with E-state index < -0.39 is 0 Å². The third kappa shape index (κ3) is 4.22. The zero-order valence-corrected chi connectivity index (χ0v) is 15.1. The molecule has 3 aromatic rings. The smallest absolute Gasteiger partial charge is 0.229 e. The van der Waals surface area contributed by atoms with E-state index in [1.165, 1.54) is 11.1 Å². The number of rotatable bonds is 7. The van der Waals surface area contributed by atoms with Crippen molar-refractivity contribution in [1.29, 1.82) is 0 Å². The predicted molar refractivity (Wildman–Crippen MR) is 103 cm³/mol. The summed E-state index contributed by atoms with van der Waals surface area (Å²) in [5.41, 5.74) is 3.21. The van der Waals surface area contributed by atoms with Gasteiger partial charge in [0.15, 0.2) is 0 Å². The van der Waals surface area contributed by atoms with Gasteiger partial charge in [0.1, 0.15) is 17.3 Å². The summed E-state index contributed by atoms with van der Waals surface area (Å²) < 4.78 is 10.6. The van der Waals surface area contributed by atoms with Crippen molar-refractivity contribution in [2.24, 2.45) is 0 Å². The Morgan fingerprint density at radius 1 is 1.00 bits per heavy atom. The summed E-state index contributed by atoms with van der Waals surface area (Å²) in [4.78, 5) is 8.79. The maximum absolute atomic E-state index is 5.38. The highest BCUT2D eigenvalue weighted by atomic mass is 16.5. The molecule has 2 aromatic carbocycles. The molecule has 1 heterocycles. The van der Waals surface area contributed by atoms with Gasteiger partial charge in [0.05, 0.1) is 19.9 Å². The van der Waals surface area contributed by atoms with Crippen LogP contribution in [-0.2, 0) is 6.54 Å². The second-order valence-electron chi connectivity index (χ2n) is 5.74. The number of nitrogens with one attached hydrogen (secondary N) is 2. The van der Waals surface area contributed by atoms with E-state index in [-0.39, 0.29) is 0 Å². The Morgan fingerprint density at radius 2 is 1.85 bits per heavy atom. The van der Waals surface area contributed by atoms with Crippen molar-refractivity contribution in [2.45, 2.75) is 13.5 Å². The van der Waals surface area contributed by atoms with Gasteiger partial charge in [-0.2, -0.15) is 4.98 Å². The molecule has 0 fully saturated rings. The largest absolute Gasteiger partial charge is 0.497 e. The molecule has 0 bridgehead atoms. The van der Waals surface area contributed by atoms with Gasteiger partial charge in [0.25, 0.3) is 0 Å². The first-order valence-corrected chi connectivity index (χ1v) is 8.30. The molecule has 0 atom stereocenters. The fourth-order valence-electron chi connectivity index (χ4n) is 2.54. The number of hydrogen-bond donors (Lipinski definition) is 2. The molecular formula is C20H22N4O2. The average molecular weight is 350 g/mol. The first-order valence-electron chi connectivity index (χ1n) is 8.30. The van der Waals surface area contributed by atoms with Crippen molar-refractivity contribution in [3.05, 3.63) is 65.9 Å². The molecule has 0 aliphatic rings. The molecule has 2 N–H and O–H groups in total. The first-order chi connectivity index (χ1) is 12.7. The molecule has 0 spiro atoms. The summed E-state index contributed by atoms with van der Waals surface area (Å²) in [7, 11) is 3.24. The molecule has 0 amide bonds. The Balaban J connectivity index is 1.74. The van der Waals surface area contributed by atoms with Gasteiger partial charge < -0.3 is 20.1 Å². The Bertz CT molecular complexity index is 883. The van der Waals surface area contributed by atoms with E-state index in [0.29, 0.717) is 18.2 Å². The predicted octanol–water partition coefficient (Wildman–Crippen LogP) is 4.16. The van der Waals surface area contributed by atoms with Crippen LogP contribution >= 0.6 is 0 Å². The lowest BCUT2D eigenvalue weighted by Gasteiger charge is -2.13. The Kier molecular flexibility index (Phi) is 5.53. The second-order valence-corrected chi connectivity index (χ2v) is 5.74. The van der Waals surface area contributed by atoms with Crippen molar-refractivity contribution < 1.29 is 9.47 Å². The van der Waals surface area contributed by atoms with Crippen LogP contribution in [0.5, 0.6) is 11.5 Å². The van der Waals surface area contributed by atoms with Crippen LogP contribution in [0.1, 0.15) is 11.1 Å². The van der Waals surface area contributed by atoms with Gasteiger partial charge in [-0.1, -0.05) is 24.3 Å².